The highest BCUT2D eigenvalue weighted by atomic mass is 16.5. The number of aromatic amines is 1. The first-order chi connectivity index (χ1) is 13.8. The van der Waals surface area contributed by atoms with Crippen molar-refractivity contribution >= 4 is 17.4 Å². The lowest BCUT2D eigenvalue weighted by Crippen LogP contribution is -2.47. The van der Waals surface area contributed by atoms with Gasteiger partial charge in [-0.2, -0.15) is 0 Å². The number of rotatable bonds is 9. The predicted octanol–water partition coefficient (Wildman–Crippen LogP) is 1.28. The second kappa shape index (κ2) is 9.92. The van der Waals surface area contributed by atoms with E-state index in [-0.39, 0.29) is 24.7 Å². The molecule has 0 saturated carbocycles. The SMILES string of the molecule is CCCn1c(N)c(N(CCOC)C(=O)[C@@H](C)Oc2cccc(C)c2)c(=O)[nH]c1=O. The number of methoxy groups -OCH3 is 1. The van der Waals surface area contributed by atoms with Gasteiger partial charge in [-0.25, -0.2) is 4.79 Å². The molecule has 0 aliphatic rings. The lowest BCUT2D eigenvalue weighted by molar-refractivity contribution is -0.124. The van der Waals surface area contributed by atoms with E-state index in [0.29, 0.717) is 18.7 Å². The maximum atomic E-state index is 13.1. The molecule has 1 aromatic heterocycles. The molecular formula is C20H28N4O5. The number of hydrogen-bond acceptors (Lipinski definition) is 6. The molecule has 3 N–H and O–H groups in total. The van der Waals surface area contributed by atoms with Crippen LogP contribution in [0.25, 0.3) is 0 Å². The number of carbonyl (C=O) groups excluding carboxylic acids is 1. The lowest BCUT2D eigenvalue weighted by atomic mass is 10.2. The summed E-state index contributed by atoms with van der Waals surface area (Å²) in [6.07, 6.45) is -0.256. The van der Waals surface area contributed by atoms with E-state index in [4.69, 9.17) is 15.2 Å². The summed E-state index contributed by atoms with van der Waals surface area (Å²) in [5.41, 5.74) is 5.69. The molecule has 0 aliphatic carbocycles. The first-order valence-electron chi connectivity index (χ1n) is 9.46. The van der Waals surface area contributed by atoms with Crippen LogP contribution in [-0.4, -0.2) is 41.8 Å². The smallest absolute Gasteiger partial charge is 0.330 e. The van der Waals surface area contributed by atoms with Gasteiger partial charge in [0.2, 0.25) is 0 Å². The topological polar surface area (TPSA) is 120 Å². The Kier molecular flexibility index (Phi) is 7.60. The van der Waals surface area contributed by atoms with Crippen molar-refractivity contribution < 1.29 is 14.3 Å². The van der Waals surface area contributed by atoms with Gasteiger partial charge < -0.3 is 15.2 Å². The van der Waals surface area contributed by atoms with E-state index in [9.17, 15) is 14.4 Å². The summed E-state index contributed by atoms with van der Waals surface area (Å²) in [6.45, 7) is 5.96. The summed E-state index contributed by atoms with van der Waals surface area (Å²) in [5.74, 6) is 0.00522. The number of carbonyl (C=O) groups is 1. The summed E-state index contributed by atoms with van der Waals surface area (Å²) in [7, 11) is 1.49. The van der Waals surface area contributed by atoms with Gasteiger partial charge in [0.15, 0.2) is 11.8 Å². The zero-order valence-electron chi connectivity index (χ0n) is 17.2. The maximum absolute atomic E-state index is 13.1. The Morgan fingerprint density at radius 1 is 1.34 bits per heavy atom. The second-order valence-electron chi connectivity index (χ2n) is 6.70. The van der Waals surface area contributed by atoms with E-state index in [1.54, 1.807) is 13.0 Å². The van der Waals surface area contributed by atoms with Gasteiger partial charge in [-0.05, 0) is 38.0 Å². The number of anilines is 2. The Morgan fingerprint density at radius 2 is 2.07 bits per heavy atom. The third-order valence-corrected chi connectivity index (χ3v) is 4.37. The number of nitrogen functional groups attached to an aromatic ring is 1. The number of hydrogen-bond donors (Lipinski definition) is 2. The van der Waals surface area contributed by atoms with Crippen LogP contribution in [0.2, 0.25) is 0 Å². The highest BCUT2D eigenvalue weighted by molar-refractivity contribution is 5.98. The van der Waals surface area contributed by atoms with Crippen molar-refractivity contribution in [2.24, 2.45) is 0 Å². The van der Waals surface area contributed by atoms with Crippen molar-refractivity contribution in [3.8, 4) is 5.75 Å². The molecule has 0 bridgehead atoms. The summed E-state index contributed by atoms with van der Waals surface area (Å²) < 4.78 is 12.1. The first kappa shape index (κ1) is 22.2. The normalized spacial score (nSPS) is 11.9. The van der Waals surface area contributed by atoms with Gasteiger partial charge in [0, 0.05) is 20.2 Å². The molecule has 9 heteroatoms. The zero-order chi connectivity index (χ0) is 21.6. The Morgan fingerprint density at radius 3 is 2.69 bits per heavy atom. The number of aromatic nitrogens is 2. The Labute approximate surface area is 169 Å². The molecule has 0 unspecified atom stereocenters. The van der Waals surface area contributed by atoms with Crippen LogP contribution in [0.1, 0.15) is 25.8 Å². The Hall–Kier alpha value is -3.07. The van der Waals surface area contributed by atoms with Gasteiger partial charge in [0.1, 0.15) is 11.6 Å². The minimum atomic E-state index is -0.890. The monoisotopic (exact) mass is 404 g/mol. The molecule has 29 heavy (non-hydrogen) atoms. The molecule has 2 rings (SSSR count). The van der Waals surface area contributed by atoms with Gasteiger partial charge in [-0.1, -0.05) is 19.1 Å². The molecule has 0 radical (unpaired) electrons. The number of aryl methyl sites for hydroxylation is 1. The number of nitrogens with one attached hydrogen (secondary N) is 1. The van der Waals surface area contributed by atoms with Gasteiger partial charge >= 0.3 is 5.69 Å². The number of benzene rings is 1. The van der Waals surface area contributed by atoms with E-state index >= 15 is 0 Å². The van der Waals surface area contributed by atoms with Crippen molar-refractivity contribution in [1.29, 1.82) is 0 Å². The van der Waals surface area contributed by atoms with Crippen LogP contribution in [0.5, 0.6) is 5.75 Å². The van der Waals surface area contributed by atoms with E-state index in [0.717, 1.165) is 5.56 Å². The molecule has 9 nitrogen and oxygen atoms in total. The number of ether oxygens (including phenoxy) is 2. The van der Waals surface area contributed by atoms with Crippen LogP contribution in [0.15, 0.2) is 33.9 Å². The van der Waals surface area contributed by atoms with E-state index in [1.807, 2.05) is 32.0 Å². The second-order valence-corrected chi connectivity index (χ2v) is 6.70. The fraction of sp³-hybridized carbons (Fsp3) is 0.450. The van der Waals surface area contributed by atoms with Crippen molar-refractivity contribution in [2.45, 2.75) is 39.8 Å². The van der Waals surface area contributed by atoms with Gasteiger partial charge in [-0.3, -0.25) is 24.0 Å². The van der Waals surface area contributed by atoms with E-state index < -0.39 is 23.3 Å². The Balaban J connectivity index is 2.43. The highest BCUT2D eigenvalue weighted by Crippen LogP contribution is 2.20. The third kappa shape index (κ3) is 5.26. The first-order valence-corrected chi connectivity index (χ1v) is 9.46. The van der Waals surface area contributed by atoms with Crippen LogP contribution in [0, 0.1) is 6.92 Å². The van der Waals surface area contributed by atoms with E-state index in [2.05, 4.69) is 4.98 Å². The molecule has 0 fully saturated rings. The van der Waals surface area contributed by atoms with Crippen LogP contribution in [0.4, 0.5) is 11.5 Å². The molecule has 158 valence electrons. The van der Waals surface area contributed by atoms with Gasteiger partial charge in [0.05, 0.1) is 6.61 Å². The fourth-order valence-electron chi connectivity index (χ4n) is 2.96. The Bertz CT molecular complexity index is 966. The molecule has 1 atom stereocenters. The number of amides is 1. The van der Waals surface area contributed by atoms with Crippen molar-refractivity contribution in [3.05, 3.63) is 50.7 Å². The van der Waals surface area contributed by atoms with Crippen LogP contribution in [0.3, 0.4) is 0 Å². The minimum Gasteiger partial charge on any atom is -0.481 e. The zero-order valence-corrected chi connectivity index (χ0v) is 17.2. The quantitative estimate of drug-likeness (QED) is 0.650. The molecular weight excluding hydrogens is 376 g/mol. The maximum Gasteiger partial charge on any atom is 0.330 e. The van der Waals surface area contributed by atoms with Crippen molar-refractivity contribution in [1.82, 2.24) is 9.55 Å². The van der Waals surface area contributed by atoms with Crippen LogP contribution in [-0.2, 0) is 16.1 Å². The summed E-state index contributed by atoms with van der Waals surface area (Å²) in [6, 6.07) is 7.31. The molecule has 1 heterocycles. The van der Waals surface area contributed by atoms with Gasteiger partial charge in [0.25, 0.3) is 11.5 Å². The van der Waals surface area contributed by atoms with E-state index in [1.165, 1.54) is 16.6 Å². The average molecular weight is 404 g/mol. The van der Waals surface area contributed by atoms with Crippen LogP contribution >= 0.6 is 0 Å². The molecule has 1 amide bonds. The lowest BCUT2D eigenvalue weighted by Gasteiger charge is -2.27. The molecule has 0 aliphatic heterocycles. The standard InChI is InChI=1S/C20H28N4O5/c1-5-9-24-17(21)16(18(25)22-20(24)27)23(10-11-28-4)19(26)14(3)29-15-8-6-7-13(2)12-15/h6-8,12,14H,5,9-11,21H2,1-4H3,(H,22,25,27)/t14-/m1/s1. The van der Waals surface area contributed by atoms with Crippen molar-refractivity contribution in [2.75, 3.05) is 30.9 Å². The highest BCUT2D eigenvalue weighted by Gasteiger charge is 2.28. The number of nitrogens with zero attached hydrogens (tertiary/aromatic N) is 2. The summed E-state index contributed by atoms with van der Waals surface area (Å²) in [4.78, 5) is 41.2. The number of nitrogens with two attached hydrogens (primary N) is 1. The largest absolute Gasteiger partial charge is 0.481 e. The molecule has 0 saturated heterocycles. The van der Waals surface area contributed by atoms with Crippen molar-refractivity contribution in [3.63, 3.8) is 0 Å². The number of H-pyrrole nitrogens is 1. The average Bonchev–Trinajstić information content (AvgIpc) is 2.67. The molecule has 0 spiro atoms. The fourth-order valence-corrected chi connectivity index (χ4v) is 2.96. The third-order valence-electron chi connectivity index (χ3n) is 4.37. The predicted molar refractivity (Wildman–Crippen MR) is 112 cm³/mol. The molecule has 1 aromatic carbocycles. The van der Waals surface area contributed by atoms with Crippen LogP contribution < -0.4 is 26.6 Å². The summed E-state index contributed by atoms with van der Waals surface area (Å²) in [5, 5.41) is 0. The summed E-state index contributed by atoms with van der Waals surface area (Å²) >= 11 is 0. The minimum absolute atomic E-state index is 0.0622. The van der Waals surface area contributed by atoms with Gasteiger partial charge in [-0.15, -0.1) is 0 Å². The molecule has 2 aromatic rings.